The summed E-state index contributed by atoms with van der Waals surface area (Å²) in [7, 11) is 0. The Morgan fingerprint density at radius 3 is 2.78 bits per heavy atom. The van der Waals surface area contributed by atoms with Crippen molar-refractivity contribution >= 4 is 28.9 Å². The lowest BCUT2D eigenvalue weighted by atomic mass is 10.2. The van der Waals surface area contributed by atoms with Crippen LogP contribution in [0, 0.1) is 5.82 Å². The van der Waals surface area contributed by atoms with Gasteiger partial charge in [0.15, 0.2) is 5.15 Å². The Hall–Kier alpha value is -1.59. The molecule has 4 nitrogen and oxygen atoms in total. The highest BCUT2D eigenvalue weighted by Gasteiger charge is 2.07. The first kappa shape index (κ1) is 12.9. The molecule has 18 heavy (non-hydrogen) atoms. The van der Waals surface area contributed by atoms with Crippen molar-refractivity contribution in [1.82, 2.24) is 9.55 Å². The van der Waals surface area contributed by atoms with E-state index in [1.54, 1.807) is 0 Å². The third kappa shape index (κ3) is 2.47. The Morgan fingerprint density at radius 1 is 1.39 bits per heavy atom. The quantitative estimate of drug-likeness (QED) is 0.863. The van der Waals surface area contributed by atoms with E-state index in [1.807, 2.05) is 0 Å². The molecule has 94 valence electrons. The molecule has 0 spiro atoms. The molecular weight excluding hydrogens is 280 g/mol. The lowest BCUT2D eigenvalue weighted by molar-refractivity contribution is 0.626. The van der Waals surface area contributed by atoms with Crippen LogP contribution < -0.4 is 11.3 Å². The fourth-order valence-corrected chi connectivity index (χ4v) is 1.76. The maximum Gasteiger partial charge on any atom is 0.278 e. The number of nitrogen functional groups attached to an aromatic ring is 1. The molecule has 0 atom stereocenters. The molecule has 1 aromatic carbocycles. The maximum atomic E-state index is 13.0. The highest BCUT2D eigenvalue weighted by atomic mass is 35.5. The summed E-state index contributed by atoms with van der Waals surface area (Å²) in [5, 5.41) is -0.0381. The van der Waals surface area contributed by atoms with Gasteiger partial charge in [0.1, 0.15) is 11.5 Å². The molecule has 0 amide bonds. The first-order chi connectivity index (χ1) is 8.49. The van der Waals surface area contributed by atoms with E-state index in [1.165, 1.54) is 29.1 Å². The zero-order valence-corrected chi connectivity index (χ0v) is 10.5. The van der Waals surface area contributed by atoms with Crippen LogP contribution in [0.25, 0.3) is 0 Å². The molecule has 2 N–H and O–H groups in total. The molecule has 0 saturated carbocycles. The van der Waals surface area contributed by atoms with E-state index in [-0.39, 0.29) is 22.4 Å². The summed E-state index contributed by atoms with van der Waals surface area (Å²) in [6, 6.07) is 4.20. The minimum atomic E-state index is -0.512. The first-order valence-electron chi connectivity index (χ1n) is 4.93. The Balaban J connectivity index is 2.37. The van der Waals surface area contributed by atoms with Crippen molar-refractivity contribution < 1.29 is 4.39 Å². The summed E-state index contributed by atoms with van der Waals surface area (Å²) in [6.45, 7) is 0.188. The number of hydrogen-bond donors (Lipinski definition) is 1. The first-order valence-corrected chi connectivity index (χ1v) is 5.69. The van der Waals surface area contributed by atoms with Crippen LogP contribution >= 0.6 is 23.2 Å². The predicted molar refractivity (Wildman–Crippen MR) is 68.4 cm³/mol. The average Bonchev–Trinajstić information content (AvgIpc) is 2.34. The minimum Gasteiger partial charge on any atom is -0.392 e. The van der Waals surface area contributed by atoms with Gasteiger partial charge in [-0.2, -0.15) is 0 Å². The molecule has 2 rings (SSSR count). The van der Waals surface area contributed by atoms with Crippen molar-refractivity contribution in [2.45, 2.75) is 6.54 Å². The molecule has 1 aromatic heterocycles. The monoisotopic (exact) mass is 287 g/mol. The molecule has 1 heterocycles. The van der Waals surface area contributed by atoms with Gasteiger partial charge in [-0.3, -0.25) is 9.36 Å². The van der Waals surface area contributed by atoms with Crippen molar-refractivity contribution in [3.8, 4) is 0 Å². The molecule has 2 aromatic rings. The van der Waals surface area contributed by atoms with E-state index in [2.05, 4.69) is 4.98 Å². The number of aromatic nitrogens is 2. The summed E-state index contributed by atoms with van der Waals surface area (Å²) in [5.41, 5.74) is 5.57. The van der Waals surface area contributed by atoms with E-state index in [0.29, 0.717) is 5.56 Å². The van der Waals surface area contributed by atoms with E-state index in [0.717, 1.165) is 0 Å². The summed E-state index contributed by atoms with van der Waals surface area (Å²) >= 11 is 11.3. The molecular formula is C11H8Cl2FN3O. The second-order valence-electron chi connectivity index (χ2n) is 3.63. The van der Waals surface area contributed by atoms with Crippen LogP contribution in [0.4, 0.5) is 10.1 Å². The van der Waals surface area contributed by atoms with Gasteiger partial charge in [-0.15, -0.1) is 0 Å². The Labute approximate surface area is 112 Å². The Kier molecular flexibility index (Phi) is 3.54. The van der Waals surface area contributed by atoms with E-state index >= 15 is 0 Å². The van der Waals surface area contributed by atoms with Gasteiger partial charge in [0, 0.05) is 0 Å². The lowest BCUT2D eigenvalue weighted by Gasteiger charge is -2.07. The van der Waals surface area contributed by atoms with Crippen LogP contribution in [0.1, 0.15) is 5.56 Å². The molecule has 0 saturated heterocycles. The lowest BCUT2D eigenvalue weighted by Crippen LogP contribution is -2.24. The maximum absolute atomic E-state index is 13.0. The zero-order chi connectivity index (χ0) is 13.3. The number of hydrogen-bond acceptors (Lipinski definition) is 3. The van der Waals surface area contributed by atoms with Crippen LogP contribution in [0.15, 0.2) is 29.3 Å². The predicted octanol–water partition coefficient (Wildman–Crippen LogP) is 2.32. The van der Waals surface area contributed by atoms with Gasteiger partial charge in [-0.25, -0.2) is 9.37 Å². The van der Waals surface area contributed by atoms with Crippen LogP contribution in [0.5, 0.6) is 0 Å². The van der Waals surface area contributed by atoms with E-state index in [9.17, 15) is 9.18 Å². The van der Waals surface area contributed by atoms with Crippen LogP contribution in [0.2, 0.25) is 10.2 Å². The van der Waals surface area contributed by atoms with E-state index < -0.39 is 11.4 Å². The van der Waals surface area contributed by atoms with Crippen molar-refractivity contribution in [2.24, 2.45) is 0 Å². The smallest absolute Gasteiger partial charge is 0.278 e. The van der Waals surface area contributed by atoms with Gasteiger partial charge in [0.05, 0.1) is 17.9 Å². The van der Waals surface area contributed by atoms with Gasteiger partial charge in [0.2, 0.25) is 0 Å². The van der Waals surface area contributed by atoms with Crippen molar-refractivity contribution in [3.63, 3.8) is 0 Å². The van der Waals surface area contributed by atoms with Gasteiger partial charge in [-0.1, -0.05) is 29.3 Å². The fraction of sp³-hybridized carbons (Fsp3) is 0.0909. The van der Waals surface area contributed by atoms with Gasteiger partial charge in [0.25, 0.3) is 5.56 Å². The third-order valence-electron chi connectivity index (χ3n) is 2.36. The number of halogens is 3. The van der Waals surface area contributed by atoms with Crippen LogP contribution in [-0.4, -0.2) is 9.55 Å². The van der Waals surface area contributed by atoms with Gasteiger partial charge >= 0.3 is 0 Å². The molecule has 0 fully saturated rings. The number of rotatable bonds is 2. The van der Waals surface area contributed by atoms with Gasteiger partial charge in [-0.05, 0) is 17.7 Å². The number of benzene rings is 1. The minimum absolute atomic E-state index is 0.00422. The van der Waals surface area contributed by atoms with Crippen molar-refractivity contribution in [1.29, 1.82) is 0 Å². The van der Waals surface area contributed by atoms with Gasteiger partial charge < -0.3 is 5.73 Å². The number of nitrogens with zero attached hydrogens (tertiary/aromatic N) is 2. The molecule has 0 bridgehead atoms. The molecule has 0 unspecified atom stereocenters. The second kappa shape index (κ2) is 4.96. The van der Waals surface area contributed by atoms with Crippen LogP contribution in [-0.2, 0) is 6.54 Å². The molecule has 0 radical (unpaired) electrons. The van der Waals surface area contributed by atoms with Crippen molar-refractivity contribution in [3.05, 3.63) is 56.4 Å². The van der Waals surface area contributed by atoms with Crippen molar-refractivity contribution in [2.75, 3.05) is 5.73 Å². The molecule has 0 aliphatic heterocycles. The van der Waals surface area contributed by atoms with E-state index in [4.69, 9.17) is 28.9 Å². The summed E-state index contributed by atoms with van der Waals surface area (Å²) in [4.78, 5) is 15.5. The fourth-order valence-electron chi connectivity index (χ4n) is 1.43. The largest absolute Gasteiger partial charge is 0.392 e. The topological polar surface area (TPSA) is 60.9 Å². The zero-order valence-electron chi connectivity index (χ0n) is 9.03. The highest BCUT2D eigenvalue weighted by Crippen LogP contribution is 2.16. The highest BCUT2D eigenvalue weighted by molar-refractivity contribution is 6.31. The molecule has 0 aliphatic rings. The normalized spacial score (nSPS) is 10.6. The average molecular weight is 288 g/mol. The molecule has 0 aliphatic carbocycles. The SMILES string of the molecule is Nc1c(Cl)ncn(Cc2ccc(F)c(Cl)c2)c1=O. The Bertz CT molecular complexity index is 657. The summed E-state index contributed by atoms with van der Waals surface area (Å²) < 4.78 is 14.3. The summed E-state index contributed by atoms with van der Waals surface area (Å²) in [6.07, 6.45) is 1.28. The standard InChI is InChI=1S/C11H8Cl2FN3O/c12-7-3-6(1-2-8(7)14)4-17-5-16-10(13)9(15)11(17)18/h1-3,5H,4,15H2. The third-order valence-corrected chi connectivity index (χ3v) is 2.95. The Morgan fingerprint density at radius 2 is 2.11 bits per heavy atom. The number of nitrogens with two attached hydrogens (primary N) is 1. The number of anilines is 1. The molecule has 7 heteroatoms. The second-order valence-corrected chi connectivity index (χ2v) is 4.40. The van der Waals surface area contributed by atoms with Crippen LogP contribution in [0.3, 0.4) is 0 Å². The summed E-state index contributed by atoms with van der Waals surface area (Å²) in [5.74, 6) is -0.512.